The first-order valence-electron chi connectivity index (χ1n) is 8.35. The van der Waals surface area contributed by atoms with Gasteiger partial charge in [0.05, 0.1) is 0 Å². The third-order valence-electron chi connectivity index (χ3n) is 4.24. The zero-order chi connectivity index (χ0) is 17.8. The number of hydrogen-bond donors (Lipinski definition) is 1. The highest BCUT2D eigenvalue weighted by Crippen LogP contribution is 2.23. The number of anilines is 1. The fourth-order valence-electron chi connectivity index (χ4n) is 3.04. The number of nitrogens with zero attached hydrogens (tertiary/aromatic N) is 2. The van der Waals surface area contributed by atoms with Crippen molar-refractivity contribution in [2.24, 2.45) is 5.73 Å². The van der Waals surface area contributed by atoms with E-state index in [-0.39, 0.29) is 18.9 Å². The molecule has 0 atom stereocenters. The molecule has 2 amide bonds. The van der Waals surface area contributed by atoms with Crippen LogP contribution in [-0.2, 0) is 11.3 Å². The van der Waals surface area contributed by atoms with Crippen molar-refractivity contribution in [1.82, 2.24) is 4.57 Å². The third kappa shape index (κ3) is 3.40. The summed E-state index contributed by atoms with van der Waals surface area (Å²) >= 11 is 0. The average Bonchev–Trinajstić information content (AvgIpc) is 3.01. The Hall–Kier alpha value is -3.08. The van der Waals surface area contributed by atoms with Crippen molar-refractivity contribution in [2.45, 2.75) is 19.9 Å². The molecule has 0 fully saturated rings. The van der Waals surface area contributed by atoms with Crippen LogP contribution in [0.2, 0.25) is 0 Å². The lowest BCUT2D eigenvalue weighted by Gasteiger charge is -2.23. The second kappa shape index (κ2) is 7.21. The van der Waals surface area contributed by atoms with Crippen molar-refractivity contribution >= 4 is 28.4 Å². The SMILES string of the molecule is CCn1c(C(=O)N(CCC(N)=O)c2ccccc2)cc2ccccc21. The number of carbonyl (C=O) groups excluding carboxylic acids is 2. The van der Waals surface area contributed by atoms with Gasteiger partial charge in [0.25, 0.3) is 5.91 Å². The first-order valence-corrected chi connectivity index (χ1v) is 8.35. The van der Waals surface area contributed by atoms with E-state index in [1.807, 2.05) is 72.2 Å². The van der Waals surface area contributed by atoms with Gasteiger partial charge in [-0.1, -0.05) is 36.4 Å². The van der Waals surface area contributed by atoms with Crippen molar-refractivity contribution < 1.29 is 9.59 Å². The van der Waals surface area contributed by atoms with Gasteiger partial charge in [-0.25, -0.2) is 0 Å². The lowest BCUT2D eigenvalue weighted by Crippen LogP contribution is -2.35. The van der Waals surface area contributed by atoms with E-state index in [0.717, 1.165) is 16.6 Å². The Morgan fingerprint density at radius 2 is 1.72 bits per heavy atom. The molecule has 3 aromatic rings. The molecule has 0 aliphatic rings. The lowest BCUT2D eigenvalue weighted by molar-refractivity contribution is -0.117. The third-order valence-corrected chi connectivity index (χ3v) is 4.24. The number of aromatic nitrogens is 1. The van der Waals surface area contributed by atoms with Crippen LogP contribution in [0.15, 0.2) is 60.7 Å². The molecular weight excluding hydrogens is 314 g/mol. The van der Waals surface area contributed by atoms with E-state index < -0.39 is 5.91 Å². The highest BCUT2D eigenvalue weighted by Gasteiger charge is 2.22. The standard InChI is InChI=1S/C20H21N3O2/c1-2-22-17-11-7-6-8-15(17)14-18(22)20(25)23(13-12-19(21)24)16-9-4-3-5-10-16/h3-11,14H,2,12-13H2,1H3,(H2,21,24). The number of aryl methyl sites for hydroxylation is 1. The summed E-state index contributed by atoms with van der Waals surface area (Å²) in [6.45, 7) is 2.95. The van der Waals surface area contributed by atoms with Crippen LogP contribution >= 0.6 is 0 Å². The Balaban J connectivity index is 2.04. The number of amides is 2. The van der Waals surface area contributed by atoms with E-state index in [2.05, 4.69) is 0 Å². The molecule has 0 radical (unpaired) electrons. The molecule has 0 saturated heterocycles. The quantitative estimate of drug-likeness (QED) is 0.752. The maximum Gasteiger partial charge on any atom is 0.274 e. The second-order valence-electron chi connectivity index (χ2n) is 5.84. The molecule has 2 N–H and O–H groups in total. The van der Waals surface area contributed by atoms with Crippen molar-refractivity contribution in [2.75, 3.05) is 11.4 Å². The monoisotopic (exact) mass is 335 g/mol. The van der Waals surface area contributed by atoms with E-state index in [4.69, 9.17) is 5.73 Å². The lowest BCUT2D eigenvalue weighted by atomic mass is 10.2. The molecule has 2 aromatic carbocycles. The highest BCUT2D eigenvalue weighted by molar-refractivity contribution is 6.08. The number of rotatable bonds is 6. The first-order chi connectivity index (χ1) is 12.1. The van der Waals surface area contributed by atoms with Gasteiger partial charge in [-0.2, -0.15) is 0 Å². The van der Waals surface area contributed by atoms with Gasteiger partial charge in [-0.15, -0.1) is 0 Å². The minimum Gasteiger partial charge on any atom is -0.370 e. The topological polar surface area (TPSA) is 68.3 Å². The van der Waals surface area contributed by atoms with Crippen LogP contribution in [0.1, 0.15) is 23.8 Å². The summed E-state index contributed by atoms with van der Waals surface area (Å²) in [5.74, 6) is -0.560. The Kier molecular flexibility index (Phi) is 4.84. The maximum atomic E-state index is 13.3. The molecule has 1 aromatic heterocycles. The summed E-state index contributed by atoms with van der Waals surface area (Å²) in [6, 6.07) is 19.2. The van der Waals surface area contributed by atoms with Gasteiger partial charge in [0, 0.05) is 36.1 Å². The van der Waals surface area contributed by atoms with E-state index in [0.29, 0.717) is 12.2 Å². The molecule has 0 aliphatic carbocycles. The molecule has 0 bridgehead atoms. The number of fused-ring (bicyclic) bond motifs is 1. The Labute approximate surface area is 146 Å². The molecular formula is C20H21N3O2. The van der Waals surface area contributed by atoms with Crippen molar-refractivity contribution in [3.05, 3.63) is 66.4 Å². The molecule has 3 rings (SSSR count). The van der Waals surface area contributed by atoms with Crippen LogP contribution in [0, 0.1) is 0 Å². The molecule has 5 nitrogen and oxygen atoms in total. The van der Waals surface area contributed by atoms with Gasteiger partial charge in [-0.05, 0) is 31.2 Å². The number of nitrogens with two attached hydrogens (primary N) is 1. The van der Waals surface area contributed by atoms with Crippen molar-refractivity contribution in [3.8, 4) is 0 Å². The van der Waals surface area contributed by atoms with Gasteiger partial charge in [-0.3, -0.25) is 9.59 Å². The minimum absolute atomic E-state index is 0.118. The zero-order valence-electron chi connectivity index (χ0n) is 14.2. The fraction of sp³-hybridized carbons (Fsp3) is 0.200. The van der Waals surface area contributed by atoms with E-state index in [1.54, 1.807) is 4.90 Å². The molecule has 0 saturated carbocycles. The normalized spacial score (nSPS) is 10.8. The van der Waals surface area contributed by atoms with E-state index in [1.165, 1.54) is 0 Å². The number of primary amides is 1. The highest BCUT2D eigenvalue weighted by atomic mass is 16.2. The van der Waals surface area contributed by atoms with Crippen LogP contribution in [0.3, 0.4) is 0 Å². The molecule has 0 unspecified atom stereocenters. The van der Waals surface area contributed by atoms with Crippen molar-refractivity contribution in [1.29, 1.82) is 0 Å². The smallest absolute Gasteiger partial charge is 0.274 e. The zero-order valence-corrected chi connectivity index (χ0v) is 14.2. The molecule has 0 aliphatic heterocycles. The van der Waals surface area contributed by atoms with Gasteiger partial charge in [0.2, 0.25) is 5.91 Å². The summed E-state index contributed by atoms with van der Waals surface area (Å²) in [7, 11) is 0. The average molecular weight is 335 g/mol. The summed E-state index contributed by atoms with van der Waals surface area (Å²) in [4.78, 5) is 26.1. The predicted molar refractivity (Wildman–Crippen MR) is 99.5 cm³/mol. The fourth-order valence-corrected chi connectivity index (χ4v) is 3.04. The van der Waals surface area contributed by atoms with Crippen LogP contribution < -0.4 is 10.6 Å². The van der Waals surface area contributed by atoms with Gasteiger partial charge < -0.3 is 15.2 Å². The Morgan fingerprint density at radius 1 is 1.04 bits per heavy atom. The molecule has 25 heavy (non-hydrogen) atoms. The second-order valence-corrected chi connectivity index (χ2v) is 5.84. The van der Waals surface area contributed by atoms with E-state index >= 15 is 0 Å². The van der Waals surface area contributed by atoms with Crippen LogP contribution in [0.25, 0.3) is 10.9 Å². The van der Waals surface area contributed by atoms with Gasteiger partial charge in [0.1, 0.15) is 5.69 Å². The number of carbonyl (C=O) groups is 2. The molecule has 5 heteroatoms. The molecule has 128 valence electrons. The van der Waals surface area contributed by atoms with Crippen molar-refractivity contribution in [3.63, 3.8) is 0 Å². The summed E-state index contributed by atoms with van der Waals surface area (Å²) < 4.78 is 2.00. The van der Waals surface area contributed by atoms with Gasteiger partial charge in [0.15, 0.2) is 0 Å². The Bertz CT molecular complexity index is 900. The summed E-state index contributed by atoms with van der Waals surface area (Å²) in [6.07, 6.45) is 0.118. The van der Waals surface area contributed by atoms with Gasteiger partial charge >= 0.3 is 0 Å². The van der Waals surface area contributed by atoms with E-state index in [9.17, 15) is 9.59 Å². The van der Waals surface area contributed by atoms with Crippen LogP contribution in [0.5, 0.6) is 0 Å². The minimum atomic E-state index is -0.426. The molecule has 1 heterocycles. The maximum absolute atomic E-state index is 13.3. The molecule has 0 spiro atoms. The van der Waals surface area contributed by atoms with Crippen LogP contribution in [-0.4, -0.2) is 22.9 Å². The summed E-state index contributed by atoms with van der Waals surface area (Å²) in [5, 5.41) is 1.02. The predicted octanol–water partition coefficient (Wildman–Crippen LogP) is 3.18. The Morgan fingerprint density at radius 3 is 2.40 bits per heavy atom. The number of hydrogen-bond acceptors (Lipinski definition) is 2. The van der Waals surface area contributed by atoms with Crippen LogP contribution in [0.4, 0.5) is 5.69 Å². The number of para-hydroxylation sites is 2. The summed E-state index contributed by atoms with van der Waals surface area (Å²) in [5.41, 5.74) is 7.68. The first kappa shape index (κ1) is 16.8. The largest absolute Gasteiger partial charge is 0.370 e. The number of benzene rings is 2.